The predicted octanol–water partition coefficient (Wildman–Crippen LogP) is 2.63. The first-order valence-corrected chi connectivity index (χ1v) is 4.81. The summed E-state index contributed by atoms with van der Waals surface area (Å²) in [6.07, 6.45) is 0.741. The fourth-order valence-electron chi connectivity index (χ4n) is 1.54. The van der Waals surface area contributed by atoms with Crippen LogP contribution in [0, 0.1) is 0 Å². The van der Waals surface area contributed by atoms with Gasteiger partial charge in [0.2, 0.25) is 0 Å². The molecule has 2 rings (SSSR count). The molecule has 1 aromatic carbocycles. The van der Waals surface area contributed by atoms with Gasteiger partial charge in [0.1, 0.15) is 0 Å². The molecule has 0 spiro atoms. The number of halogens is 1. The van der Waals surface area contributed by atoms with Gasteiger partial charge in [0.15, 0.2) is 0 Å². The summed E-state index contributed by atoms with van der Waals surface area (Å²) in [4.78, 5) is 13.3. The van der Waals surface area contributed by atoms with Crippen LogP contribution < -0.4 is 4.90 Å². The lowest BCUT2D eigenvalue weighted by Gasteiger charge is -2.15. The minimum atomic E-state index is 0.00673. The van der Waals surface area contributed by atoms with Crippen LogP contribution in [0.2, 0.25) is 5.02 Å². The SMILES string of the molecule is C=C1CCN(c2cccc(Cl)c2)C1=O. The van der Waals surface area contributed by atoms with Crippen molar-refractivity contribution in [2.75, 3.05) is 11.4 Å². The number of hydrogen-bond donors (Lipinski definition) is 0. The van der Waals surface area contributed by atoms with Gasteiger partial charge in [-0.2, -0.15) is 0 Å². The van der Waals surface area contributed by atoms with Gasteiger partial charge in [-0.15, -0.1) is 0 Å². The van der Waals surface area contributed by atoms with E-state index < -0.39 is 0 Å². The van der Waals surface area contributed by atoms with Crippen molar-refractivity contribution in [3.63, 3.8) is 0 Å². The summed E-state index contributed by atoms with van der Waals surface area (Å²) >= 11 is 5.85. The Morgan fingerprint density at radius 2 is 2.21 bits per heavy atom. The van der Waals surface area contributed by atoms with E-state index in [1.807, 2.05) is 12.1 Å². The minimum absolute atomic E-state index is 0.00673. The minimum Gasteiger partial charge on any atom is -0.308 e. The van der Waals surface area contributed by atoms with Crippen molar-refractivity contribution in [1.29, 1.82) is 0 Å². The maximum atomic E-state index is 11.6. The summed E-state index contributed by atoms with van der Waals surface area (Å²) in [5, 5.41) is 0.646. The Hall–Kier alpha value is -1.28. The third-order valence-electron chi connectivity index (χ3n) is 2.30. The summed E-state index contributed by atoms with van der Waals surface area (Å²) in [5.74, 6) is 0.00673. The van der Waals surface area contributed by atoms with Gasteiger partial charge in [-0.1, -0.05) is 24.2 Å². The lowest BCUT2D eigenvalue weighted by molar-refractivity contribution is -0.114. The first-order chi connectivity index (χ1) is 6.68. The second-order valence-corrected chi connectivity index (χ2v) is 3.73. The highest BCUT2D eigenvalue weighted by molar-refractivity contribution is 6.31. The average Bonchev–Trinajstić information content (AvgIpc) is 2.48. The van der Waals surface area contributed by atoms with Gasteiger partial charge in [0.05, 0.1) is 0 Å². The number of nitrogens with zero attached hydrogens (tertiary/aromatic N) is 1. The van der Waals surface area contributed by atoms with Gasteiger partial charge in [-0.25, -0.2) is 0 Å². The highest BCUT2D eigenvalue weighted by atomic mass is 35.5. The summed E-state index contributed by atoms with van der Waals surface area (Å²) in [6.45, 7) is 4.42. The molecule has 1 fully saturated rings. The molecule has 0 bridgehead atoms. The van der Waals surface area contributed by atoms with Crippen LogP contribution >= 0.6 is 11.6 Å². The number of carbonyl (C=O) groups is 1. The average molecular weight is 208 g/mol. The van der Waals surface area contributed by atoms with Gasteiger partial charge < -0.3 is 4.90 Å². The molecule has 0 radical (unpaired) electrons. The maximum absolute atomic E-state index is 11.6. The third-order valence-corrected chi connectivity index (χ3v) is 2.54. The lowest BCUT2D eigenvalue weighted by atomic mass is 10.3. The van der Waals surface area contributed by atoms with Gasteiger partial charge >= 0.3 is 0 Å². The molecular weight excluding hydrogens is 198 g/mol. The molecule has 1 aromatic rings. The van der Waals surface area contributed by atoms with E-state index in [9.17, 15) is 4.79 Å². The number of rotatable bonds is 1. The number of carbonyl (C=O) groups excluding carboxylic acids is 1. The first-order valence-electron chi connectivity index (χ1n) is 4.44. The molecule has 3 heteroatoms. The van der Waals surface area contributed by atoms with Gasteiger partial charge in [0.25, 0.3) is 5.91 Å². The number of benzene rings is 1. The van der Waals surface area contributed by atoms with Crippen molar-refractivity contribution in [3.05, 3.63) is 41.4 Å². The van der Waals surface area contributed by atoms with E-state index in [4.69, 9.17) is 11.6 Å². The van der Waals surface area contributed by atoms with Crippen LogP contribution in [0.3, 0.4) is 0 Å². The Bertz CT molecular complexity index is 400. The Labute approximate surface area is 87.8 Å². The van der Waals surface area contributed by atoms with E-state index in [1.165, 1.54) is 0 Å². The standard InChI is InChI=1S/C11H10ClNO/c1-8-5-6-13(11(8)14)10-4-2-3-9(12)7-10/h2-4,7H,1,5-6H2. The van der Waals surface area contributed by atoms with Crippen molar-refractivity contribution >= 4 is 23.2 Å². The number of amides is 1. The van der Waals surface area contributed by atoms with Crippen LogP contribution in [-0.2, 0) is 4.79 Å². The largest absolute Gasteiger partial charge is 0.308 e. The number of hydrogen-bond acceptors (Lipinski definition) is 1. The van der Waals surface area contributed by atoms with Crippen LogP contribution in [0.1, 0.15) is 6.42 Å². The quantitative estimate of drug-likeness (QED) is 0.649. The predicted molar refractivity (Wildman–Crippen MR) is 57.6 cm³/mol. The smallest absolute Gasteiger partial charge is 0.253 e. The highest BCUT2D eigenvalue weighted by Crippen LogP contribution is 2.25. The van der Waals surface area contributed by atoms with E-state index in [-0.39, 0.29) is 5.91 Å². The molecule has 1 amide bonds. The second kappa shape index (κ2) is 3.46. The van der Waals surface area contributed by atoms with Crippen molar-refractivity contribution in [1.82, 2.24) is 0 Å². The van der Waals surface area contributed by atoms with E-state index in [1.54, 1.807) is 17.0 Å². The molecule has 0 aromatic heterocycles. The zero-order valence-corrected chi connectivity index (χ0v) is 8.42. The topological polar surface area (TPSA) is 20.3 Å². The molecule has 0 N–H and O–H groups in total. The zero-order chi connectivity index (χ0) is 10.1. The van der Waals surface area contributed by atoms with Crippen LogP contribution in [0.15, 0.2) is 36.4 Å². The van der Waals surface area contributed by atoms with E-state index >= 15 is 0 Å². The molecule has 1 saturated heterocycles. The molecular formula is C11H10ClNO. The van der Waals surface area contributed by atoms with E-state index in [0.717, 1.165) is 12.1 Å². The zero-order valence-electron chi connectivity index (χ0n) is 7.66. The van der Waals surface area contributed by atoms with Crippen molar-refractivity contribution in [3.8, 4) is 0 Å². The van der Waals surface area contributed by atoms with E-state index in [0.29, 0.717) is 17.1 Å². The molecule has 0 unspecified atom stereocenters. The molecule has 0 aliphatic carbocycles. The van der Waals surface area contributed by atoms with Crippen LogP contribution in [0.25, 0.3) is 0 Å². The third kappa shape index (κ3) is 1.53. The first kappa shape index (κ1) is 9.28. The molecule has 1 heterocycles. The van der Waals surface area contributed by atoms with E-state index in [2.05, 4.69) is 6.58 Å². The van der Waals surface area contributed by atoms with Crippen molar-refractivity contribution in [2.45, 2.75) is 6.42 Å². The van der Waals surface area contributed by atoms with Gasteiger partial charge in [-0.3, -0.25) is 4.79 Å². The van der Waals surface area contributed by atoms with Crippen LogP contribution in [-0.4, -0.2) is 12.5 Å². The fraction of sp³-hybridized carbons (Fsp3) is 0.182. The van der Waals surface area contributed by atoms with Crippen LogP contribution in [0.4, 0.5) is 5.69 Å². The Morgan fingerprint density at radius 1 is 1.43 bits per heavy atom. The molecule has 2 nitrogen and oxygen atoms in total. The molecule has 1 aliphatic heterocycles. The lowest BCUT2D eigenvalue weighted by Crippen LogP contribution is -2.24. The highest BCUT2D eigenvalue weighted by Gasteiger charge is 2.25. The summed E-state index contributed by atoms with van der Waals surface area (Å²) in [7, 11) is 0. The van der Waals surface area contributed by atoms with Gasteiger partial charge in [0, 0.05) is 22.8 Å². The number of anilines is 1. The van der Waals surface area contributed by atoms with Gasteiger partial charge in [-0.05, 0) is 24.6 Å². The second-order valence-electron chi connectivity index (χ2n) is 3.29. The summed E-state index contributed by atoms with van der Waals surface area (Å²) in [5.41, 5.74) is 1.52. The normalized spacial score (nSPS) is 16.5. The fourth-order valence-corrected chi connectivity index (χ4v) is 1.72. The monoisotopic (exact) mass is 207 g/mol. The Balaban J connectivity index is 2.32. The summed E-state index contributed by atoms with van der Waals surface area (Å²) < 4.78 is 0. The molecule has 0 atom stereocenters. The molecule has 72 valence electrons. The molecule has 1 aliphatic rings. The molecule has 0 saturated carbocycles. The van der Waals surface area contributed by atoms with Crippen molar-refractivity contribution in [2.24, 2.45) is 0 Å². The Morgan fingerprint density at radius 3 is 2.79 bits per heavy atom. The Kier molecular flexibility index (Phi) is 2.30. The summed E-state index contributed by atoms with van der Waals surface area (Å²) in [6, 6.07) is 7.30. The molecule has 14 heavy (non-hydrogen) atoms. The van der Waals surface area contributed by atoms with Crippen molar-refractivity contribution < 1.29 is 4.79 Å². The van der Waals surface area contributed by atoms with Crippen LogP contribution in [0.5, 0.6) is 0 Å². The maximum Gasteiger partial charge on any atom is 0.253 e.